The van der Waals surface area contributed by atoms with Gasteiger partial charge in [0.1, 0.15) is 11.7 Å². The molecule has 0 saturated carbocycles. The zero-order valence-corrected chi connectivity index (χ0v) is 11.3. The molecule has 0 spiro atoms. The van der Waals surface area contributed by atoms with E-state index in [0.29, 0.717) is 10.8 Å². The van der Waals surface area contributed by atoms with Crippen molar-refractivity contribution in [2.45, 2.75) is 19.5 Å². The topological polar surface area (TPSA) is 26.3 Å². The molecule has 0 aliphatic carbocycles. The van der Waals surface area contributed by atoms with Gasteiger partial charge in [0, 0.05) is 0 Å². The smallest absolute Gasteiger partial charge is 0.416 e. The van der Waals surface area contributed by atoms with Crippen molar-refractivity contribution in [3.05, 3.63) is 42.0 Å². The molecule has 2 aromatic carbocycles. The summed E-state index contributed by atoms with van der Waals surface area (Å²) in [5.41, 5.74) is -0.795. The van der Waals surface area contributed by atoms with Crippen LogP contribution in [-0.4, -0.2) is 12.4 Å². The zero-order chi connectivity index (χ0) is 16.5. The van der Waals surface area contributed by atoms with Crippen LogP contribution in [0.1, 0.15) is 12.5 Å². The van der Waals surface area contributed by atoms with Crippen LogP contribution in [0.2, 0.25) is 0 Å². The third kappa shape index (κ3) is 3.52. The second-order valence-electron chi connectivity index (χ2n) is 4.77. The number of hydrogen-bond donors (Lipinski definition) is 0. The van der Waals surface area contributed by atoms with Crippen LogP contribution < -0.4 is 4.74 Å². The van der Waals surface area contributed by atoms with E-state index in [9.17, 15) is 26.7 Å². The summed E-state index contributed by atoms with van der Waals surface area (Å²) in [5.74, 6) is -2.67. The fourth-order valence-electron chi connectivity index (χ4n) is 1.78. The van der Waals surface area contributed by atoms with Gasteiger partial charge in [0.2, 0.25) is 0 Å². The summed E-state index contributed by atoms with van der Waals surface area (Å²) in [6.07, 6.45) is -7.30. The molecule has 0 radical (unpaired) electrons. The Balaban J connectivity index is 2.27. The SMILES string of the molecule is CC(C(=O)Oc1ccc2cc(C(F)(F)F)ccc2c1)C(F)F. The van der Waals surface area contributed by atoms with Gasteiger partial charge in [0.25, 0.3) is 6.43 Å². The van der Waals surface area contributed by atoms with Crippen LogP contribution in [0.3, 0.4) is 0 Å². The normalized spacial score (nSPS) is 13.4. The van der Waals surface area contributed by atoms with Gasteiger partial charge in [0.15, 0.2) is 0 Å². The molecular formula is C15H11F5O2. The van der Waals surface area contributed by atoms with Gasteiger partial charge in [-0.05, 0) is 42.0 Å². The first-order valence-corrected chi connectivity index (χ1v) is 6.29. The Morgan fingerprint density at radius 1 is 1.05 bits per heavy atom. The monoisotopic (exact) mass is 318 g/mol. The van der Waals surface area contributed by atoms with E-state index >= 15 is 0 Å². The molecule has 1 atom stereocenters. The Morgan fingerprint density at radius 3 is 2.23 bits per heavy atom. The Hall–Kier alpha value is -2.18. The molecule has 0 aliphatic heterocycles. The van der Waals surface area contributed by atoms with E-state index < -0.39 is 30.1 Å². The van der Waals surface area contributed by atoms with Crippen molar-refractivity contribution in [2.24, 2.45) is 5.92 Å². The number of esters is 1. The van der Waals surface area contributed by atoms with E-state index in [0.717, 1.165) is 19.1 Å². The van der Waals surface area contributed by atoms with Crippen molar-refractivity contribution < 1.29 is 31.5 Å². The van der Waals surface area contributed by atoms with Crippen LogP contribution in [0.25, 0.3) is 10.8 Å². The Bertz CT molecular complexity index is 694. The number of rotatable bonds is 3. The molecule has 0 aromatic heterocycles. The Morgan fingerprint density at radius 2 is 1.64 bits per heavy atom. The fraction of sp³-hybridized carbons (Fsp3) is 0.267. The van der Waals surface area contributed by atoms with Gasteiger partial charge < -0.3 is 4.74 Å². The van der Waals surface area contributed by atoms with Crippen molar-refractivity contribution in [1.29, 1.82) is 0 Å². The van der Waals surface area contributed by atoms with Gasteiger partial charge in [-0.1, -0.05) is 12.1 Å². The van der Waals surface area contributed by atoms with Gasteiger partial charge in [0.05, 0.1) is 5.56 Å². The van der Waals surface area contributed by atoms with Gasteiger partial charge >= 0.3 is 12.1 Å². The molecule has 0 heterocycles. The predicted molar refractivity (Wildman–Crippen MR) is 69.8 cm³/mol. The molecule has 1 unspecified atom stereocenters. The first-order valence-electron chi connectivity index (χ1n) is 6.29. The molecule has 118 valence electrons. The van der Waals surface area contributed by atoms with E-state index in [2.05, 4.69) is 0 Å². The number of fused-ring (bicyclic) bond motifs is 1. The standard InChI is InChI=1S/C15H11F5O2/c1-8(13(16)17)14(21)22-12-5-3-9-6-11(15(18,19)20)4-2-10(9)7-12/h2-8,13H,1H3. The summed E-state index contributed by atoms with van der Waals surface area (Å²) >= 11 is 0. The molecule has 2 rings (SSSR count). The van der Waals surface area contributed by atoms with E-state index in [1.807, 2.05) is 0 Å². The van der Waals surface area contributed by atoms with Gasteiger partial charge in [-0.3, -0.25) is 4.79 Å². The summed E-state index contributed by atoms with van der Waals surface area (Å²) in [4.78, 5) is 11.4. The lowest BCUT2D eigenvalue weighted by molar-refractivity contribution is -0.143. The van der Waals surface area contributed by atoms with E-state index in [1.165, 1.54) is 24.3 Å². The lowest BCUT2D eigenvalue weighted by Crippen LogP contribution is -2.23. The number of carbonyl (C=O) groups excluding carboxylic acids is 1. The number of ether oxygens (including phenoxy) is 1. The molecule has 0 fully saturated rings. The van der Waals surface area contributed by atoms with Crippen LogP contribution in [-0.2, 0) is 11.0 Å². The quantitative estimate of drug-likeness (QED) is 0.467. The third-order valence-electron chi connectivity index (χ3n) is 3.11. The second kappa shape index (κ2) is 5.90. The van der Waals surface area contributed by atoms with E-state index in [-0.39, 0.29) is 5.75 Å². The molecule has 2 aromatic rings. The molecule has 0 bridgehead atoms. The lowest BCUT2D eigenvalue weighted by Gasteiger charge is -2.11. The highest BCUT2D eigenvalue weighted by atomic mass is 19.4. The number of halogens is 5. The van der Waals surface area contributed by atoms with Crippen molar-refractivity contribution >= 4 is 16.7 Å². The number of alkyl halides is 5. The average Bonchev–Trinajstić information content (AvgIpc) is 2.44. The molecular weight excluding hydrogens is 307 g/mol. The predicted octanol–water partition coefficient (Wildman–Crippen LogP) is 4.67. The average molecular weight is 318 g/mol. The summed E-state index contributed by atoms with van der Waals surface area (Å²) < 4.78 is 67.3. The lowest BCUT2D eigenvalue weighted by atomic mass is 10.1. The second-order valence-corrected chi connectivity index (χ2v) is 4.77. The number of benzene rings is 2. The van der Waals surface area contributed by atoms with Crippen molar-refractivity contribution in [3.63, 3.8) is 0 Å². The van der Waals surface area contributed by atoms with Crippen LogP contribution in [0.4, 0.5) is 22.0 Å². The number of carbonyl (C=O) groups is 1. The highest BCUT2D eigenvalue weighted by Gasteiger charge is 2.30. The van der Waals surface area contributed by atoms with Crippen molar-refractivity contribution in [3.8, 4) is 5.75 Å². The van der Waals surface area contributed by atoms with Gasteiger partial charge in [-0.25, -0.2) is 8.78 Å². The van der Waals surface area contributed by atoms with Gasteiger partial charge in [-0.2, -0.15) is 13.2 Å². The van der Waals surface area contributed by atoms with Crippen LogP contribution in [0.5, 0.6) is 5.75 Å². The van der Waals surface area contributed by atoms with E-state index in [1.54, 1.807) is 0 Å². The first kappa shape index (κ1) is 16.2. The maximum absolute atomic E-state index is 12.6. The summed E-state index contributed by atoms with van der Waals surface area (Å²) in [5, 5.41) is 0.708. The molecule has 0 N–H and O–H groups in total. The minimum Gasteiger partial charge on any atom is -0.426 e. The van der Waals surface area contributed by atoms with Crippen LogP contribution in [0.15, 0.2) is 36.4 Å². The highest BCUT2D eigenvalue weighted by molar-refractivity contribution is 5.85. The molecule has 0 aliphatic rings. The van der Waals surface area contributed by atoms with Crippen LogP contribution in [0, 0.1) is 5.92 Å². The maximum atomic E-state index is 12.6. The minimum atomic E-state index is -4.45. The first-order chi connectivity index (χ1) is 10.2. The Labute approximate surface area is 122 Å². The largest absolute Gasteiger partial charge is 0.426 e. The molecule has 22 heavy (non-hydrogen) atoms. The maximum Gasteiger partial charge on any atom is 0.416 e. The van der Waals surface area contributed by atoms with Crippen molar-refractivity contribution in [2.75, 3.05) is 0 Å². The summed E-state index contributed by atoms with van der Waals surface area (Å²) in [6, 6.07) is 7.01. The highest BCUT2D eigenvalue weighted by Crippen LogP contribution is 2.32. The number of hydrogen-bond acceptors (Lipinski definition) is 2. The minimum absolute atomic E-state index is 0.00441. The van der Waals surface area contributed by atoms with E-state index in [4.69, 9.17) is 4.74 Å². The Kier molecular flexibility index (Phi) is 4.35. The summed E-state index contributed by atoms with van der Waals surface area (Å²) in [7, 11) is 0. The fourth-order valence-corrected chi connectivity index (χ4v) is 1.78. The van der Waals surface area contributed by atoms with Crippen LogP contribution >= 0.6 is 0 Å². The zero-order valence-electron chi connectivity index (χ0n) is 11.3. The molecule has 7 heteroatoms. The molecule has 0 saturated heterocycles. The third-order valence-corrected chi connectivity index (χ3v) is 3.11. The molecule has 2 nitrogen and oxygen atoms in total. The van der Waals surface area contributed by atoms with Crippen molar-refractivity contribution in [1.82, 2.24) is 0 Å². The summed E-state index contributed by atoms with van der Waals surface area (Å²) in [6.45, 7) is 1.03. The molecule has 0 amide bonds. The van der Waals surface area contributed by atoms with Gasteiger partial charge in [-0.15, -0.1) is 0 Å².